The van der Waals surface area contributed by atoms with Gasteiger partial charge in [0.15, 0.2) is 0 Å². The second kappa shape index (κ2) is 6.85. The van der Waals surface area contributed by atoms with Gasteiger partial charge in [-0.25, -0.2) is 0 Å². The summed E-state index contributed by atoms with van der Waals surface area (Å²) in [6.07, 6.45) is 2.40. The Morgan fingerprint density at radius 2 is 2.31 bits per heavy atom. The van der Waals surface area contributed by atoms with Crippen LogP contribution in [0, 0.1) is 11.3 Å². The molecule has 0 saturated carbocycles. The van der Waals surface area contributed by atoms with E-state index in [1.807, 2.05) is 0 Å². The molecule has 2 unspecified atom stereocenters. The number of likely N-dealkylation sites (tertiary alicyclic amines) is 1. The second-order valence-electron chi connectivity index (χ2n) is 4.74. The molecular weight excluding hydrogens is 202 g/mol. The summed E-state index contributed by atoms with van der Waals surface area (Å²) < 4.78 is 5.32. The van der Waals surface area contributed by atoms with Gasteiger partial charge in [-0.15, -0.1) is 0 Å². The van der Waals surface area contributed by atoms with Gasteiger partial charge < -0.3 is 9.64 Å². The molecule has 16 heavy (non-hydrogen) atoms. The summed E-state index contributed by atoms with van der Waals surface area (Å²) in [5.41, 5.74) is 0. The van der Waals surface area contributed by atoms with Crippen LogP contribution in [0.25, 0.3) is 0 Å². The first kappa shape index (κ1) is 13.4. The van der Waals surface area contributed by atoms with Crippen molar-refractivity contribution in [2.45, 2.75) is 44.9 Å². The van der Waals surface area contributed by atoms with Gasteiger partial charge in [0.1, 0.15) is 0 Å². The van der Waals surface area contributed by atoms with Crippen LogP contribution in [0.5, 0.6) is 0 Å². The Labute approximate surface area is 98.6 Å². The van der Waals surface area contributed by atoms with Crippen LogP contribution >= 0.6 is 0 Å². The van der Waals surface area contributed by atoms with Crippen LogP contribution in [0.15, 0.2) is 0 Å². The molecule has 4 heteroatoms. The number of hydrogen-bond donors (Lipinski definition) is 1. The highest BCUT2D eigenvalue weighted by Gasteiger charge is 2.22. The SMILES string of the molecule is COC1CCN(CCC(C#N)NC(C)C)C1. The van der Waals surface area contributed by atoms with E-state index >= 15 is 0 Å². The van der Waals surface area contributed by atoms with Gasteiger partial charge >= 0.3 is 0 Å². The molecule has 0 aromatic carbocycles. The fraction of sp³-hybridized carbons (Fsp3) is 0.917. The molecule has 0 bridgehead atoms. The summed E-state index contributed by atoms with van der Waals surface area (Å²) in [5, 5.41) is 12.3. The minimum atomic E-state index is -0.0263. The van der Waals surface area contributed by atoms with Crippen LogP contribution in [-0.4, -0.2) is 49.8 Å². The molecular formula is C12H23N3O. The predicted octanol–water partition coefficient (Wildman–Crippen LogP) is 0.987. The lowest BCUT2D eigenvalue weighted by molar-refractivity contribution is 0.108. The van der Waals surface area contributed by atoms with Crippen molar-refractivity contribution < 1.29 is 4.74 Å². The lowest BCUT2D eigenvalue weighted by Gasteiger charge is -2.19. The van der Waals surface area contributed by atoms with Crippen molar-refractivity contribution in [1.29, 1.82) is 5.26 Å². The third kappa shape index (κ3) is 4.48. The normalized spacial score (nSPS) is 23.6. The van der Waals surface area contributed by atoms with Crippen LogP contribution in [0.4, 0.5) is 0 Å². The fourth-order valence-electron chi connectivity index (χ4n) is 2.09. The van der Waals surface area contributed by atoms with E-state index < -0.39 is 0 Å². The van der Waals surface area contributed by atoms with Gasteiger partial charge in [0, 0.05) is 32.8 Å². The zero-order chi connectivity index (χ0) is 12.0. The van der Waals surface area contributed by atoms with Crippen LogP contribution in [0.2, 0.25) is 0 Å². The maximum atomic E-state index is 8.99. The summed E-state index contributed by atoms with van der Waals surface area (Å²) in [4.78, 5) is 2.38. The molecule has 1 heterocycles. The lowest BCUT2D eigenvalue weighted by atomic mass is 10.2. The van der Waals surface area contributed by atoms with Crippen LogP contribution in [0.1, 0.15) is 26.7 Å². The molecule has 1 N–H and O–H groups in total. The molecule has 1 aliphatic rings. The topological polar surface area (TPSA) is 48.3 Å². The largest absolute Gasteiger partial charge is 0.380 e. The molecule has 4 nitrogen and oxygen atoms in total. The third-order valence-electron chi connectivity index (χ3n) is 2.99. The minimum Gasteiger partial charge on any atom is -0.380 e. The maximum Gasteiger partial charge on any atom is 0.0967 e. The molecule has 1 saturated heterocycles. The first-order valence-corrected chi connectivity index (χ1v) is 6.06. The molecule has 1 rings (SSSR count). The zero-order valence-electron chi connectivity index (χ0n) is 10.6. The highest BCUT2D eigenvalue weighted by molar-refractivity contribution is 4.91. The van der Waals surface area contributed by atoms with Gasteiger partial charge in [-0.1, -0.05) is 0 Å². The van der Waals surface area contributed by atoms with E-state index in [-0.39, 0.29) is 6.04 Å². The highest BCUT2D eigenvalue weighted by atomic mass is 16.5. The van der Waals surface area contributed by atoms with Crippen molar-refractivity contribution in [2.75, 3.05) is 26.7 Å². The van der Waals surface area contributed by atoms with E-state index in [9.17, 15) is 0 Å². The number of hydrogen-bond acceptors (Lipinski definition) is 4. The fourth-order valence-corrected chi connectivity index (χ4v) is 2.09. The molecule has 92 valence electrons. The number of nitrogens with zero attached hydrogens (tertiary/aromatic N) is 2. The van der Waals surface area contributed by atoms with Crippen molar-refractivity contribution in [3.8, 4) is 6.07 Å². The van der Waals surface area contributed by atoms with Crippen LogP contribution in [0.3, 0.4) is 0 Å². The van der Waals surface area contributed by atoms with E-state index in [1.54, 1.807) is 7.11 Å². The number of methoxy groups -OCH3 is 1. The summed E-state index contributed by atoms with van der Waals surface area (Å²) in [5.74, 6) is 0. The average Bonchev–Trinajstić information content (AvgIpc) is 2.71. The first-order valence-electron chi connectivity index (χ1n) is 6.06. The maximum absolute atomic E-state index is 8.99. The van der Waals surface area contributed by atoms with E-state index in [0.29, 0.717) is 12.1 Å². The first-order chi connectivity index (χ1) is 7.65. The smallest absolute Gasteiger partial charge is 0.0967 e. The molecule has 0 amide bonds. The Morgan fingerprint density at radius 1 is 1.56 bits per heavy atom. The predicted molar refractivity (Wildman–Crippen MR) is 64.1 cm³/mol. The number of nitriles is 1. The molecule has 0 aromatic rings. The highest BCUT2D eigenvalue weighted by Crippen LogP contribution is 2.12. The van der Waals surface area contributed by atoms with Gasteiger partial charge in [-0.2, -0.15) is 5.26 Å². The van der Waals surface area contributed by atoms with E-state index in [2.05, 4.69) is 30.1 Å². The Hall–Kier alpha value is -0.630. The van der Waals surface area contributed by atoms with E-state index in [4.69, 9.17) is 10.00 Å². The molecule has 1 aliphatic heterocycles. The Morgan fingerprint density at radius 3 is 2.81 bits per heavy atom. The average molecular weight is 225 g/mol. The summed E-state index contributed by atoms with van der Waals surface area (Å²) >= 11 is 0. The van der Waals surface area contributed by atoms with Crippen molar-refractivity contribution >= 4 is 0 Å². The van der Waals surface area contributed by atoms with E-state index in [0.717, 1.165) is 32.5 Å². The van der Waals surface area contributed by atoms with Crippen molar-refractivity contribution in [1.82, 2.24) is 10.2 Å². The quantitative estimate of drug-likeness (QED) is 0.732. The van der Waals surface area contributed by atoms with Gasteiger partial charge in [0.05, 0.1) is 18.2 Å². The van der Waals surface area contributed by atoms with Crippen molar-refractivity contribution in [3.05, 3.63) is 0 Å². The minimum absolute atomic E-state index is 0.0263. The van der Waals surface area contributed by atoms with Crippen molar-refractivity contribution in [3.63, 3.8) is 0 Å². The van der Waals surface area contributed by atoms with Gasteiger partial charge in [0.2, 0.25) is 0 Å². The van der Waals surface area contributed by atoms with Crippen LogP contribution < -0.4 is 5.32 Å². The molecule has 1 fully saturated rings. The Kier molecular flexibility index (Phi) is 5.75. The van der Waals surface area contributed by atoms with Crippen LogP contribution in [-0.2, 0) is 4.74 Å². The monoisotopic (exact) mass is 225 g/mol. The van der Waals surface area contributed by atoms with Gasteiger partial charge in [-0.05, 0) is 26.7 Å². The van der Waals surface area contributed by atoms with E-state index in [1.165, 1.54) is 0 Å². The van der Waals surface area contributed by atoms with Gasteiger partial charge in [0.25, 0.3) is 0 Å². The number of nitrogens with one attached hydrogen (secondary N) is 1. The third-order valence-corrected chi connectivity index (χ3v) is 2.99. The second-order valence-corrected chi connectivity index (χ2v) is 4.74. The van der Waals surface area contributed by atoms with Gasteiger partial charge in [-0.3, -0.25) is 5.32 Å². The van der Waals surface area contributed by atoms with Crippen molar-refractivity contribution in [2.24, 2.45) is 0 Å². The standard InChI is InChI=1S/C12H23N3O/c1-10(2)14-11(8-13)4-6-15-7-5-12(9-15)16-3/h10-12,14H,4-7,9H2,1-3H3. The zero-order valence-corrected chi connectivity index (χ0v) is 10.6. The number of rotatable bonds is 6. The lowest BCUT2D eigenvalue weighted by Crippen LogP contribution is -2.36. The molecule has 2 atom stereocenters. The summed E-state index contributed by atoms with van der Waals surface area (Å²) in [6.45, 7) is 7.23. The number of ether oxygens (including phenoxy) is 1. The summed E-state index contributed by atoms with van der Waals surface area (Å²) in [7, 11) is 1.77. The Bertz CT molecular complexity index is 237. The molecule has 0 radical (unpaired) electrons. The molecule has 0 spiro atoms. The molecule has 0 aliphatic carbocycles. The molecule has 0 aromatic heterocycles. The summed E-state index contributed by atoms with van der Waals surface area (Å²) in [6, 6.07) is 2.66. The Balaban J connectivity index is 2.21.